The van der Waals surface area contributed by atoms with Gasteiger partial charge in [-0.3, -0.25) is 4.98 Å². The third-order valence-corrected chi connectivity index (χ3v) is 3.46. The van der Waals surface area contributed by atoms with E-state index in [9.17, 15) is 9.59 Å². The van der Waals surface area contributed by atoms with Crippen LogP contribution in [0.4, 0.5) is 0 Å². The molecule has 0 atom stereocenters. The SMILES string of the molecule is CCOC(=O)C(C(=O)OCC)=C(N)c1ncc(OC)c2ccccc12. The fourth-order valence-electron chi connectivity index (χ4n) is 2.37. The summed E-state index contributed by atoms with van der Waals surface area (Å²) in [6.07, 6.45) is 1.48. The van der Waals surface area contributed by atoms with Crippen LogP contribution in [0.15, 0.2) is 36.0 Å². The van der Waals surface area contributed by atoms with Crippen molar-refractivity contribution in [3.05, 3.63) is 41.7 Å². The minimum Gasteiger partial charge on any atom is -0.494 e. The van der Waals surface area contributed by atoms with Gasteiger partial charge in [0.15, 0.2) is 5.57 Å². The Morgan fingerprint density at radius 2 is 1.60 bits per heavy atom. The number of ether oxygens (including phenoxy) is 3. The van der Waals surface area contributed by atoms with Crippen LogP contribution in [0.5, 0.6) is 5.75 Å². The first-order valence-electron chi connectivity index (χ1n) is 7.81. The molecular weight excluding hydrogens is 324 g/mol. The molecule has 0 aliphatic carbocycles. The van der Waals surface area contributed by atoms with E-state index in [1.165, 1.54) is 13.3 Å². The fourth-order valence-corrected chi connectivity index (χ4v) is 2.37. The van der Waals surface area contributed by atoms with Gasteiger partial charge in [0.1, 0.15) is 5.75 Å². The fraction of sp³-hybridized carbons (Fsp3) is 0.278. The predicted octanol–water partition coefficient (Wildman–Crippen LogP) is 2.04. The maximum absolute atomic E-state index is 12.2. The van der Waals surface area contributed by atoms with Gasteiger partial charge in [0.2, 0.25) is 0 Å². The van der Waals surface area contributed by atoms with Crippen molar-refractivity contribution in [2.24, 2.45) is 5.73 Å². The van der Waals surface area contributed by atoms with Gasteiger partial charge < -0.3 is 19.9 Å². The van der Waals surface area contributed by atoms with E-state index < -0.39 is 11.9 Å². The molecule has 0 aliphatic rings. The first-order chi connectivity index (χ1) is 12.0. The first-order valence-corrected chi connectivity index (χ1v) is 7.81. The van der Waals surface area contributed by atoms with E-state index in [4.69, 9.17) is 19.9 Å². The molecule has 0 spiro atoms. The number of benzene rings is 1. The lowest BCUT2D eigenvalue weighted by molar-refractivity contribution is -0.146. The number of fused-ring (bicyclic) bond motifs is 1. The molecule has 0 unspecified atom stereocenters. The Morgan fingerprint density at radius 3 is 2.12 bits per heavy atom. The van der Waals surface area contributed by atoms with Crippen LogP contribution in [-0.2, 0) is 19.1 Å². The van der Waals surface area contributed by atoms with Crippen molar-refractivity contribution < 1.29 is 23.8 Å². The molecule has 0 radical (unpaired) electrons. The summed E-state index contributed by atoms with van der Waals surface area (Å²) < 4.78 is 15.2. The summed E-state index contributed by atoms with van der Waals surface area (Å²) in [5.41, 5.74) is 5.95. The van der Waals surface area contributed by atoms with Crippen LogP contribution in [0.2, 0.25) is 0 Å². The van der Waals surface area contributed by atoms with E-state index in [0.717, 1.165) is 5.39 Å². The second-order valence-corrected chi connectivity index (χ2v) is 4.95. The molecule has 7 nitrogen and oxygen atoms in total. The van der Waals surface area contributed by atoms with Gasteiger partial charge in [-0.2, -0.15) is 0 Å². The Morgan fingerprint density at radius 1 is 1.04 bits per heavy atom. The highest BCUT2D eigenvalue weighted by Crippen LogP contribution is 2.29. The molecule has 1 aromatic carbocycles. The monoisotopic (exact) mass is 344 g/mol. The zero-order valence-electron chi connectivity index (χ0n) is 14.4. The summed E-state index contributed by atoms with van der Waals surface area (Å²) in [6, 6.07) is 7.25. The third-order valence-electron chi connectivity index (χ3n) is 3.46. The number of esters is 2. The second-order valence-electron chi connectivity index (χ2n) is 4.95. The van der Waals surface area contributed by atoms with Gasteiger partial charge in [0.05, 0.1) is 37.9 Å². The minimum absolute atomic E-state index is 0.101. The zero-order valence-corrected chi connectivity index (χ0v) is 14.4. The highest BCUT2D eigenvalue weighted by atomic mass is 16.6. The van der Waals surface area contributed by atoms with E-state index in [1.54, 1.807) is 26.0 Å². The van der Waals surface area contributed by atoms with Crippen LogP contribution in [0.1, 0.15) is 19.5 Å². The normalized spacial score (nSPS) is 10.2. The number of rotatable bonds is 6. The first kappa shape index (κ1) is 18.3. The Balaban J connectivity index is 2.71. The molecule has 0 fully saturated rings. The molecule has 0 amide bonds. The minimum atomic E-state index is -0.847. The molecule has 2 rings (SSSR count). The van der Waals surface area contributed by atoms with Gasteiger partial charge in [-0.05, 0) is 13.8 Å². The summed E-state index contributed by atoms with van der Waals surface area (Å²) in [7, 11) is 1.53. The summed E-state index contributed by atoms with van der Waals surface area (Å²) >= 11 is 0. The average Bonchev–Trinajstić information content (AvgIpc) is 2.61. The quantitative estimate of drug-likeness (QED) is 0.370. The largest absolute Gasteiger partial charge is 0.494 e. The van der Waals surface area contributed by atoms with Gasteiger partial charge in [-0.15, -0.1) is 0 Å². The summed E-state index contributed by atoms with van der Waals surface area (Å²) in [4.78, 5) is 28.7. The highest BCUT2D eigenvalue weighted by Gasteiger charge is 2.27. The van der Waals surface area contributed by atoms with Gasteiger partial charge in [0.25, 0.3) is 0 Å². The van der Waals surface area contributed by atoms with Crippen molar-refractivity contribution in [2.75, 3.05) is 20.3 Å². The topological polar surface area (TPSA) is 101 Å². The van der Waals surface area contributed by atoms with E-state index in [0.29, 0.717) is 11.1 Å². The van der Waals surface area contributed by atoms with Crippen LogP contribution in [0.25, 0.3) is 16.5 Å². The van der Waals surface area contributed by atoms with Crippen molar-refractivity contribution in [3.8, 4) is 5.75 Å². The molecule has 0 saturated carbocycles. The van der Waals surface area contributed by atoms with Crippen LogP contribution in [0.3, 0.4) is 0 Å². The molecule has 1 aromatic heterocycles. The van der Waals surface area contributed by atoms with E-state index in [1.807, 2.05) is 12.1 Å². The van der Waals surface area contributed by atoms with Crippen molar-refractivity contribution in [1.29, 1.82) is 0 Å². The molecule has 25 heavy (non-hydrogen) atoms. The van der Waals surface area contributed by atoms with Crippen molar-refractivity contribution in [3.63, 3.8) is 0 Å². The lowest BCUT2D eigenvalue weighted by Crippen LogP contribution is -2.23. The summed E-state index contributed by atoms with van der Waals surface area (Å²) in [6.45, 7) is 3.48. The standard InChI is InChI=1S/C18H20N2O5/c1-4-24-17(21)14(18(22)25-5-2)15(19)16-12-9-7-6-8-11(12)13(23-3)10-20-16/h6-10H,4-5,19H2,1-3H3. The number of nitrogens with two attached hydrogens (primary N) is 1. The number of carbonyl (C=O) groups is 2. The molecule has 2 aromatic rings. The molecule has 0 saturated heterocycles. The predicted molar refractivity (Wildman–Crippen MR) is 92.7 cm³/mol. The van der Waals surface area contributed by atoms with E-state index in [-0.39, 0.29) is 30.2 Å². The number of aromatic nitrogens is 1. The third kappa shape index (κ3) is 3.71. The number of methoxy groups -OCH3 is 1. The number of hydrogen-bond acceptors (Lipinski definition) is 7. The maximum atomic E-state index is 12.2. The van der Waals surface area contributed by atoms with Gasteiger partial charge in [-0.1, -0.05) is 24.3 Å². The highest BCUT2D eigenvalue weighted by molar-refractivity contribution is 6.20. The number of hydrogen-bond donors (Lipinski definition) is 1. The Kier molecular flexibility index (Phi) is 5.94. The van der Waals surface area contributed by atoms with Crippen LogP contribution in [-0.4, -0.2) is 37.2 Å². The van der Waals surface area contributed by atoms with Crippen molar-refractivity contribution >= 4 is 28.4 Å². The Hall–Kier alpha value is -3.09. The van der Waals surface area contributed by atoms with Crippen LogP contribution in [0, 0.1) is 0 Å². The number of pyridine rings is 1. The van der Waals surface area contributed by atoms with Crippen LogP contribution >= 0.6 is 0 Å². The Labute approximate surface area is 145 Å². The van der Waals surface area contributed by atoms with Crippen molar-refractivity contribution in [2.45, 2.75) is 13.8 Å². The maximum Gasteiger partial charge on any atom is 0.347 e. The number of carbonyl (C=O) groups excluding carboxylic acids is 2. The molecule has 2 N–H and O–H groups in total. The molecule has 0 aliphatic heterocycles. The average molecular weight is 344 g/mol. The van der Waals surface area contributed by atoms with E-state index >= 15 is 0 Å². The van der Waals surface area contributed by atoms with Gasteiger partial charge in [-0.25, -0.2) is 9.59 Å². The lowest BCUT2D eigenvalue weighted by atomic mass is 10.0. The zero-order chi connectivity index (χ0) is 18.4. The van der Waals surface area contributed by atoms with E-state index in [2.05, 4.69) is 4.98 Å². The Bertz CT molecular complexity index is 809. The molecule has 0 bridgehead atoms. The molecule has 1 heterocycles. The van der Waals surface area contributed by atoms with Crippen LogP contribution < -0.4 is 10.5 Å². The molecular formula is C18H20N2O5. The smallest absolute Gasteiger partial charge is 0.347 e. The summed E-state index contributed by atoms with van der Waals surface area (Å²) in [5, 5.41) is 1.40. The van der Waals surface area contributed by atoms with Gasteiger partial charge in [0, 0.05) is 10.8 Å². The molecule has 132 valence electrons. The lowest BCUT2D eigenvalue weighted by Gasteiger charge is -2.13. The molecule has 7 heteroatoms. The van der Waals surface area contributed by atoms with Crippen molar-refractivity contribution in [1.82, 2.24) is 4.98 Å². The number of nitrogens with zero attached hydrogens (tertiary/aromatic N) is 1. The second kappa shape index (κ2) is 8.14. The summed E-state index contributed by atoms with van der Waals surface area (Å²) in [5.74, 6) is -1.14. The van der Waals surface area contributed by atoms with Gasteiger partial charge >= 0.3 is 11.9 Å².